The van der Waals surface area contributed by atoms with Gasteiger partial charge in [-0.05, 0) is 47.9 Å². The summed E-state index contributed by atoms with van der Waals surface area (Å²) in [6.45, 7) is 2.10. The fourth-order valence-corrected chi connectivity index (χ4v) is 2.93. The Morgan fingerprint density at radius 1 is 0.964 bits per heavy atom. The number of amides is 1. The van der Waals surface area contributed by atoms with E-state index in [1.54, 1.807) is 31.4 Å². The molecule has 144 valence electrons. The van der Waals surface area contributed by atoms with E-state index in [0.717, 1.165) is 12.0 Å². The molecule has 3 aromatic rings. The first-order valence-corrected chi connectivity index (χ1v) is 9.44. The molecule has 5 heteroatoms. The fraction of sp³-hybridized carbons (Fsp3) is 0.174. The molecule has 0 heterocycles. The van der Waals surface area contributed by atoms with Gasteiger partial charge in [0.15, 0.2) is 5.75 Å². The number of carbonyl (C=O) groups excluding carboxylic acids is 1. The van der Waals surface area contributed by atoms with Gasteiger partial charge in [-0.25, -0.2) is 0 Å². The normalized spacial score (nSPS) is 10.4. The molecule has 0 fully saturated rings. The molecule has 0 aromatic heterocycles. The van der Waals surface area contributed by atoms with Crippen LogP contribution in [-0.2, 0) is 17.6 Å². The second-order valence-corrected chi connectivity index (χ2v) is 6.75. The summed E-state index contributed by atoms with van der Waals surface area (Å²) < 4.78 is 11.2. The summed E-state index contributed by atoms with van der Waals surface area (Å²) in [5, 5.41) is 3.41. The topological polar surface area (TPSA) is 47.6 Å². The largest absolute Gasteiger partial charge is 0.497 e. The van der Waals surface area contributed by atoms with Crippen molar-refractivity contribution in [1.82, 2.24) is 0 Å². The van der Waals surface area contributed by atoms with E-state index >= 15 is 0 Å². The quantitative estimate of drug-likeness (QED) is 0.543. The number of halogens is 1. The average Bonchev–Trinajstić information content (AvgIpc) is 2.70. The van der Waals surface area contributed by atoms with Crippen LogP contribution in [0.25, 0.3) is 0 Å². The zero-order valence-corrected chi connectivity index (χ0v) is 16.6. The summed E-state index contributed by atoms with van der Waals surface area (Å²) in [5.74, 6) is 1.66. The van der Waals surface area contributed by atoms with Gasteiger partial charge in [0.05, 0.1) is 19.2 Å². The first-order chi connectivity index (χ1) is 13.6. The predicted molar refractivity (Wildman–Crippen MR) is 113 cm³/mol. The third kappa shape index (κ3) is 5.27. The van der Waals surface area contributed by atoms with Gasteiger partial charge in [-0.2, -0.15) is 0 Å². The standard InChI is InChI=1S/C23H22ClNO3/c1-3-16-7-9-17(10-8-16)13-23(26)25-21-14-18(24)11-12-22(21)28-20-6-4-5-19(15-20)27-2/h4-12,14-15H,3,13H2,1-2H3,(H,25,26). The summed E-state index contributed by atoms with van der Waals surface area (Å²) >= 11 is 6.12. The Morgan fingerprint density at radius 3 is 2.39 bits per heavy atom. The summed E-state index contributed by atoms with van der Waals surface area (Å²) in [4.78, 5) is 12.5. The number of methoxy groups -OCH3 is 1. The Hall–Kier alpha value is -2.98. The lowest BCUT2D eigenvalue weighted by Gasteiger charge is -2.13. The monoisotopic (exact) mass is 395 g/mol. The van der Waals surface area contributed by atoms with Crippen molar-refractivity contribution >= 4 is 23.2 Å². The molecule has 1 amide bonds. The maximum atomic E-state index is 12.5. The van der Waals surface area contributed by atoms with Crippen LogP contribution < -0.4 is 14.8 Å². The Labute approximate surface area is 170 Å². The lowest BCUT2D eigenvalue weighted by molar-refractivity contribution is -0.115. The highest BCUT2D eigenvalue weighted by atomic mass is 35.5. The first-order valence-electron chi connectivity index (χ1n) is 9.06. The first kappa shape index (κ1) is 19.8. The number of benzene rings is 3. The molecule has 0 saturated heterocycles. The van der Waals surface area contributed by atoms with E-state index in [9.17, 15) is 4.79 Å². The summed E-state index contributed by atoms with van der Waals surface area (Å²) in [6.07, 6.45) is 1.25. The van der Waals surface area contributed by atoms with E-state index in [1.807, 2.05) is 42.5 Å². The smallest absolute Gasteiger partial charge is 0.228 e. The molecular formula is C23H22ClNO3. The van der Waals surface area contributed by atoms with Crippen molar-refractivity contribution in [2.75, 3.05) is 12.4 Å². The number of hydrogen-bond donors (Lipinski definition) is 1. The number of aryl methyl sites for hydroxylation is 1. The highest BCUT2D eigenvalue weighted by Gasteiger charge is 2.11. The van der Waals surface area contributed by atoms with Gasteiger partial charge in [0, 0.05) is 11.1 Å². The van der Waals surface area contributed by atoms with Crippen LogP contribution in [-0.4, -0.2) is 13.0 Å². The van der Waals surface area contributed by atoms with E-state index in [-0.39, 0.29) is 12.3 Å². The minimum Gasteiger partial charge on any atom is -0.497 e. The van der Waals surface area contributed by atoms with Gasteiger partial charge in [0.1, 0.15) is 11.5 Å². The molecule has 3 rings (SSSR count). The lowest BCUT2D eigenvalue weighted by atomic mass is 10.1. The number of rotatable bonds is 7. The van der Waals surface area contributed by atoms with Gasteiger partial charge in [0.25, 0.3) is 0 Å². The molecule has 0 atom stereocenters. The SMILES string of the molecule is CCc1ccc(CC(=O)Nc2cc(Cl)ccc2Oc2cccc(OC)c2)cc1. The number of nitrogens with one attached hydrogen (secondary N) is 1. The molecule has 0 spiro atoms. The van der Waals surface area contributed by atoms with Crippen LogP contribution in [0, 0.1) is 0 Å². The van der Waals surface area contributed by atoms with Gasteiger partial charge >= 0.3 is 0 Å². The number of ether oxygens (including phenoxy) is 2. The molecule has 4 nitrogen and oxygen atoms in total. The van der Waals surface area contributed by atoms with E-state index in [2.05, 4.69) is 12.2 Å². The van der Waals surface area contributed by atoms with Gasteiger partial charge in [-0.1, -0.05) is 48.9 Å². The Bertz CT molecular complexity index is 954. The number of hydrogen-bond acceptors (Lipinski definition) is 3. The molecule has 0 aliphatic carbocycles. The van der Waals surface area contributed by atoms with Crippen molar-refractivity contribution in [1.29, 1.82) is 0 Å². The Morgan fingerprint density at radius 2 is 1.68 bits per heavy atom. The van der Waals surface area contributed by atoms with E-state index in [4.69, 9.17) is 21.1 Å². The van der Waals surface area contributed by atoms with Crippen LogP contribution in [0.2, 0.25) is 5.02 Å². The highest BCUT2D eigenvalue weighted by molar-refractivity contribution is 6.31. The minimum atomic E-state index is -0.137. The molecule has 1 N–H and O–H groups in total. The van der Waals surface area contributed by atoms with Crippen molar-refractivity contribution in [2.24, 2.45) is 0 Å². The number of carbonyl (C=O) groups is 1. The number of anilines is 1. The van der Waals surface area contributed by atoms with Crippen molar-refractivity contribution in [3.8, 4) is 17.2 Å². The van der Waals surface area contributed by atoms with E-state index in [1.165, 1.54) is 5.56 Å². The zero-order chi connectivity index (χ0) is 19.9. The molecular weight excluding hydrogens is 374 g/mol. The highest BCUT2D eigenvalue weighted by Crippen LogP contribution is 2.33. The van der Waals surface area contributed by atoms with Gasteiger partial charge < -0.3 is 14.8 Å². The summed E-state index contributed by atoms with van der Waals surface area (Å²) in [7, 11) is 1.60. The second kappa shape index (κ2) is 9.29. The maximum absolute atomic E-state index is 12.5. The van der Waals surface area contributed by atoms with Crippen LogP contribution in [0.5, 0.6) is 17.2 Å². The van der Waals surface area contributed by atoms with Crippen molar-refractivity contribution in [3.05, 3.63) is 82.9 Å². The van der Waals surface area contributed by atoms with Gasteiger partial charge in [-0.15, -0.1) is 0 Å². The minimum absolute atomic E-state index is 0.137. The van der Waals surface area contributed by atoms with E-state index in [0.29, 0.717) is 28.0 Å². The maximum Gasteiger partial charge on any atom is 0.228 e. The van der Waals surface area contributed by atoms with Crippen LogP contribution in [0.1, 0.15) is 18.1 Å². The average molecular weight is 396 g/mol. The summed E-state index contributed by atoms with van der Waals surface area (Å²) in [5.41, 5.74) is 2.71. The second-order valence-electron chi connectivity index (χ2n) is 6.32. The molecule has 0 radical (unpaired) electrons. The Kier molecular flexibility index (Phi) is 6.56. The molecule has 0 aliphatic rings. The Balaban J connectivity index is 1.74. The van der Waals surface area contributed by atoms with Crippen molar-refractivity contribution in [2.45, 2.75) is 19.8 Å². The van der Waals surface area contributed by atoms with Crippen molar-refractivity contribution in [3.63, 3.8) is 0 Å². The lowest BCUT2D eigenvalue weighted by Crippen LogP contribution is -2.15. The molecule has 3 aromatic carbocycles. The van der Waals surface area contributed by atoms with Crippen LogP contribution >= 0.6 is 11.6 Å². The van der Waals surface area contributed by atoms with Crippen LogP contribution in [0.3, 0.4) is 0 Å². The van der Waals surface area contributed by atoms with Gasteiger partial charge in [0.2, 0.25) is 5.91 Å². The van der Waals surface area contributed by atoms with Crippen molar-refractivity contribution < 1.29 is 14.3 Å². The predicted octanol–water partition coefficient (Wildman–Crippen LogP) is 5.88. The zero-order valence-electron chi connectivity index (χ0n) is 15.9. The van der Waals surface area contributed by atoms with Crippen LogP contribution in [0.4, 0.5) is 5.69 Å². The molecule has 0 aliphatic heterocycles. The molecule has 0 bridgehead atoms. The van der Waals surface area contributed by atoms with E-state index < -0.39 is 0 Å². The summed E-state index contributed by atoms with van der Waals surface area (Å²) in [6, 6.07) is 20.4. The molecule has 0 unspecified atom stereocenters. The van der Waals surface area contributed by atoms with Gasteiger partial charge in [-0.3, -0.25) is 4.79 Å². The van der Waals surface area contributed by atoms with Crippen LogP contribution in [0.15, 0.2) is 66.7 Å². The third-order valence-electron chi connectivity index (χ3n) is 4.28. The molecule has 28 heavy (non-hydrogen) atoms. The molecule has 0 saturated carbocycles. The fourth-order valence-electron chi connectivity index (χ4n) is 2.75. The third-order valence-corrected chi connectivity index (χ3v) is 4.52.